The quantitative estimate of drug-likeness (QED) is 0.904. The summed E-state index contributed by atoms with van der Waals surface area (Å²) in [7, 11) is 1.69. The topological polar surface area (TPSA) is 35.2 Å². The molecule has 0 radical (unpaired) electrons. The summed E-state index contributed by atoms with van der Waals surface area (Å²) >= 11 is 3.54. The number of aryl methyl sites for hydroxylation is 1. The molecule has 2 nitrogen and oxygen atoms in total. The zero-order valence-electron chi connectivity index (χ0n) is 8.80. The summed E-state index contributed by atoms with van der Waals surface area (Å²) in [6.07, 6.45) is 0. The standard InChI is InChI=1S/C11H16BrNO/c1-7-4-10(12)9(8(2)6-13)5-11(7)14-3/h4-5,8H,6,13H2,1-3H3. The van der Waals surface area contributed by atoms with Crippen LogP contribution in [0, 0.1) is 6.92 Å². The molecule has 0 spiro atoms. The average Bonchev–Trinajstić information content (AvgIpc) is 2.17. The Hall–Kier alpha value is -0.540. The molecule has 0 amide bonds. The van der Waals surface area contributed by atoms with Gasteiger partial charge in [0.2, 0.25) is 0 Å². The Morgan fingerprint density at radius 1 is 1.50 bits per heavy atom. The van der Waals surface area contributed by atoms with Gasteiger partial charge in [-0.2, -0.15) is 0 Å². The number of rotatable bonds is 3. The first-order valence-corrected chi connectivity index (χ1v) is 5.43. The highest BCUT2D eigenvalue weighted by Gasteiger charge is 2.10. The van der Waals surface area contributed by atoms with E-state index in [1.165, 1.54) is 5.56 Å². The predicted molar refractivity (Wildman–Crippen MR) is 62.9 cm³/mol. The average molecular weight is 258 g/mol. The summed E-state index contributed by atoms with van der Waals surface area (Å²) in [5, 5.41) is 0. The molecule has 3 heteroatoms. The molecule has 1 rings (SSSR count). The largest absolute Gasteiger partial charge is 0.496 e. The van der Waals surface area contributed by atoms with Crippen LogP contribution >= 0.6 is 15.9 Å². The molecule has 0 saturated heterocycles. The minimum Gasteiger partial charge on any atom is -0.496 e. The van der Waals surface area contributed by atoms with Gasteiger partial charge in [-0.25, -0.2) is 0 Å². The van der Waals surface area contributed by atoms with Crippen LogP contribution in [0.15, 0.2) is 16.6 Å². The van der Waals surface area contributed by atoms with Gasteiger partial charge < -0.3 is 10.5 Å². The van der Waals surface area contributed by atoms with Gasteiger partial charge in [-0.1, -0.05) is 22.9 Å². The predicted octanol–water partition coefficient (Wildman–Crippen LogP) is 2.83. The lowest BCUT2D eigenvalue weighted by Gasteiger charge is -2.14. The molecule has 0 saturated carbocycles. The maximum atomic E-state index is 5.64. The van der Waals surface area contributed by atoms with Crippen LogP contribution in [0.4, 0.5) is 0 Å². The van der Waals surface area contributed by atoms with Crippen LogP contribution in [-0.2, 0) is 0 Å². The molecule has 1 aromatic rings. The fourth-order valence-electron chi connectivity index (χ4n) is 1.39. The van der Waals surface area contributed by atoms with Gasteiger partial charge in [0.15, 0.2) is 0 Å². The molecule has 2 N–H and O–H groups in total. The van der Waals surface area contributed by atoms with E-state index in [2.05, 4.69) is 35.0 Å². The van der Waals surface area contributed by atoms with Gasteiger partial charge in [0.25, 0.3) is 0 Å². The zero-order valence-corrected chi connectivity index (χ0v) is 10.4. The first-order valence-electron chi connectivity index (χ1n) is 4.64. The van der Waals surface area contributed by atoms with Gasteiger partial charge in [-0.05, 0) is 42.6 Å². The van der Waals surface area contributed by atoms with E-state index in [1.807, 2.05) is 6.92 Å². The molecule has 0 bridgehead atoms. The number of nitrogens with two attached hydrogens (primary N) is 1. The van der Waals surface area contributed by atoms with E-state index in [1.54, 1.807) is 7.11 Å². The third-order valence-electron chi connectivity index (χ3n) is 2.40. The van der Waals surface area contributed by atoms with E-state index in [9.17, 15) is 0 Å². The molecule has 0 aliphatic heterocycles. The second-order valence-electron chi connectivity index (χ2n) is 3.48. The number of hydrogen-bond donors (Lipinski definition) is 1. The lowest BCUT2D eigenvalue weighted by molar-refractivity contribution is 0.410. The van der Waals surface area contributed by atoms with Crippen LogP contribution in [0.1, 0.15) is 24.0 Å². The van der Waals surface area contributed by atoms with Gasteiger partial charge in [0.05, 0.1) is 7.11 Å². The summed E-state index contributed by atoms with van der Waals surface area (Å²) in [5.74, 6) is 1.27. The fourth-order valence-corrected chi connectivity index (χ4v) is 2.24. The molecular formula is C11H16BrNO. The van der Waals surface area contributed by atoms with Crippen molar-refractivity contribution < 1.29 is 4.74 Å². The highest BCUT2D eigenvalue weighted by molar-refractivity contribution is 9.10. The Labute approximate surface area is 93.6 Å². The van der Waals surface area contributed by atoms with E-state index in [0.29, 0.717) is 12.5 Å². The second-order valence-corrected chi connectivity index (χ2v) is 4.33. The van der Waals surface area contributed by atoms with Gasteiger partial charge in [0, 0.05) is 4.47 Å². The molecule has 0 aromatic heterocycles. The molecule has 78 valence electrons. The molecule has 0 aliphatic rings. The van der Waals surface area contributed by atoms with Crippen LogP contribution in [0.5, 0.6) is 5.75 Å². The third kappa shape index (κ3) is 2.28. The number of halogens is 1. The summed E-state index contributed by atoms with van der Waals surface area (Å²) < 4.78 is 6.38. The van der Waals surface area contributed by atoms with Crippen LogP contribution in [0.2, 0.25) is 0 Å². The van der Waals surface area contributed by atoms with Crippen molar-refractivity contribution in [3.63, 3.8) is 0 Å². The van der Waals surface area contributed by atoms with Crippen LogP contribution in [0.3, 0.4) is 0 Å². The van der Waals surface area contributed by atoms with Crippen molar-refractivity contribution in [1.82, 2.24) is 0 Å². The number of hydrogen-bond acceptors (Lipinski definition) is 2. The Balaban J connectivity index is 3.17. The van der Waals surface area contributed by atoms with Crippen molar-refractivity contribution in [3.05, 3.63) is 27.7 Å². The van der Waals surface area contributed by atoms with Crippen molar-refractivity contribution >= 4 is 15.9 Å². The molecule has 1 aromatic carbocycles. The van der Waals surface area contributed by atoms with E-state index in [0.717, 1.165) is 15.8 Å². The minimum atomic E-state index is 0.346. The summed E-state index contributed by atoms with van der Waals surface area (Å²) in [6.45, 7) is 4.78. The maximum Gasteiger partial charge on any atom is 0.122 e. The molecule has 0 aliphatic carbocycles. The smallest absolute Gasteiger partial charge is 0.122 e. The maximum absolute atomic E-state index is 5.64. The van der Waals surface area contributed by atoms with Crippen molar-refractivity contribution in [2.45, 2.75) is 19.8 Å². The van der Waals surface area contributed by atoms with Crippen molar-refractivity contribution in [1.29, 1.82) is 0 Å². The Morgan fingerprint density at radius 2 is 2.14 bits per heavy atom. The fraction of sp³-hybridized carbons (Fsp3) is 0.455. The number of benzene rings is 1. The Bertz CT molecular complexity index is 325. The van der Waals surface area contributed by atoms with Crippen LogP contribution < -0.4 is 10.5 Å². The van der Waals surface area contributed by atoms with Gasteiger partial charge >= 0.3 is 0 Å². The van der Waals surface area contributed by atoms with E-state index in [4.69, 9.17) is 10.5 Å². The second kappa shape index (κ2) is 4.80. The van der Waals surface area contributed by atoms with Crippen molar-refractivity contribution in [2.24, 2.45) is 5.73 Å². The normalized spacial score (nSPS) is 12.6. The molecule has 1 atom stereocenters. The van der Waals surface area contributed by atoms with Crippen LogP contribution in [-0.4, -0.2) is 13.7 Å². The van der Waals surface area contributed by atoms with Crippen molar-refractivity contribution in [2.75, 3.05) is 13.7 Å². The minimum absolute atomic E-state index is 0.346. The Morgan fingerprint density at radius 3 is 2.64 bits per heavy atom. The summed E-state index contributed by atoms with van der Waals surface area (Å²) in [6, 6.07) is 4.12. The molecule has 14 heavy (non-hydrogen) atoms. The number of ether oxygens (including phenoxy) is 1. The zero-order chi connectivity index (χ0) is 10.7. The monoisotopic (exact) mass is 257 g/mol. The summed E-state index contributed by atoms with van der Waals surface area (Å²) in [4.78, 5) is 0. The highest BCUT2D eigenvalue weighted by atomic mass is 79.9. The molecule has 1 unspecified atom stereocenters. The first kappa shape index (κ1) is 11.5. The lowest BCUT2D eigenvalue weighted by atomic mass is 9.99. The first-order chi connectivity index (χ1) is 6.60. The van der Waals surface area contributed by atoms with E-state index in [-0.39, 0.29) is 0 Å². The highest BCUT2D eigenvalue weighted by Crippen LogP contribution is 2.31. The third-order valence-corrected chi connectivity index (χ3v) is 3.09. The summed E-state index contributed by atoms with van der Waals surface area (Å²) in [5.41, 5.74) is 7.98. The Kier molecular flexibility index (Phi) is 3.96. The van der Waals surface area contributed by atoms with Gasteiger partial charge in [0.1, 0.15) is 5.75 Å². The number of methoxy groups -OCH3 is 1. The van der Waals surface area contributed by atoms with Gasteiger partial charge in [-0.15, -0.1) is 0 Å². The van der Waals surface area contributed by atoms with Crippen molar-refractivity contribution in [3.8, 4) is 5.75 Å². The van der Waals surface area contributed by atoms with Crippen LogP contribution in [0.25, 0.3) is 0 Å². The lowest BCUT2D eigenvalue weighted by Crippen LogP contribution is -2.09. The van der Waals surface area contributed by atoms with E-state index >= 15 is 0 Å². The van der Waals surface area contributed by atoms with E-state index < -0.39 is 0 Å². The SMILES string of the molecule is COc1cc(C(C)CN)c(Br)cc1C. The molecule has 0 fully saturated rings. The molecular weight excluding hydrogens is 242 g/mol. The van der Waals surface area contributed by atoms with Gasteiger partial charge in [-0.3, -0.25) is 0 Å². The molecule has 0 heterocycles.